The average Bonchev–Trinajstić information content (AvgIpc) is 1.68. The van der Waals surface area contributed by atoms with E-state index in [1.54, 1.807) is 6.92 Å². The molecule has 0 radical (unpaired) electrons. The quantitative estimate of drug-likeness (QED) is 0.516. The van der Waals surface area contributed by atoms with Crippen LogP contribution in [0.1, 0.15) is 6.92 Å². The smallest absolute Gasteiger partial charge is 0.205 e. The van der Waals surface area contributed by atoms with Gasteiger partial charge in [0.15, 0.2) is 0 Å². The number of hydrogen-bond donors (Lipinski definition) is 0. The highest BCUT2D eigenvalue weighted by molar-refractivity contribution is 7.80. The highest BCUT2D eigenvalue weighted by Crippen LogP contribution is 1.82. The maximum absolute atomic E-state index is 10.2. The first-order valence-electron chi connectivity index (χ1n) is 1.97. The third-order valence-electron chi connectivity index (χ3n) is 0.411. The van der Waals surface area contributed by atoms with Crippen molar-refractivity contribution in [1.82, 2.24) is 0 Å². The zero-order chi connectivity index (χ0) is 5.70. The summed E-state index contributed by atoms with van der Waals surface area (Å²) >= 11 is -1.15. The van der Waals surface area contributed by atoms with Gasteiger partial charge in [0.05, 0.1) is 12.0 Å². The van der Waals surface area contributed by atoms with Crippen LogP contribution in [0.25, 0.3) is 0 Å². The summed E-state index contributed by atoms with van der Waals surface area (Å²) in [5.41, 5.74) is 0. The Bertz CT molecular complexity index is 79.8. The van der Waals surface area contributed by atoms with Crippen LogP contribution < -0.4 is 0 Å². The Balaban J connectivity index is 3.17. The fourth-order valence-corrected chi connectivity index (χ4v) is 0.432. The largest absolute Gasteiger partial charge is 0.409 e. The fraction of sp³-hybridized carbons (Fsp3) is 0.500. The molecule has 3 heteroatoms. The van der Waals surface area contributed by atoms with E-state index in [1.165, 1.54) is 6.26 Å². The molecule has 0 rings (SSSR count). The van der Waals surface area contributed by atoms with Crippen molar-refractivity contribution < 1.29 is 8.39 Å². The summed E-state index contributed by atoms with van der Waals surface area (Å²) in [6.07, 6.45) is 1.18. The van der Waals surface area contributed by atoms with E-state index < -0.39 is 11.1 Å². The van der Waals surface area contributed by atoms with Gasteiger partial charge in [0.2, 0.25) is 11.1 Å². The molecule has 7 heavy (non-hydrogen) atoms. The van der Waals surface area contributed by atoms with Crippen molar-refractivity contribution in [3.05, 3.63) is 12.8 Å². The summed E-state index contributed by atoms with van der Waals surface area (Å²) in [5, 5.41) is 0. The molecule has 2 nitrogen and oxygen atoms in total. The maximum Gasteiger partial charge on any atom is 0.205 e. The van der Waals surface area contributed by atoms with Gasteiger partial charge in [-0.15, -0.1) is 0 Å². The summed E-state index contributed by atoms with van der Waals surface area (Å²) in [6.45, 7) is 5.01. The minimum atomic E-state index is -1.15. The lowest BCUT2D eigenvalue weighted by atomic mass is 11.0. The highest BCUT2D eigenvalue weighted by atomic mass is 32.2. The van der Waals surface area contributed by atoms with E-state index >= 15 is 0 Å². The Labute approximate surface area is 45.8 Å². The van der Waals surface area contributed by atoms with E-state index in [9.17, 15) is 4.21 Å². The van der Waals surface area contributed by atoms with Crippen LogP contribution >= 0.6 is 0 Å². The highest BCUT2D eigenvalue weighted by Gasteiger charge is 1.86. The van der Waals surface area contributed by atoms with Crippen LogP contribution in [0.5, 0.6) is 0 Å². The molecule has 0 fully saturated rings. The molecule has 0 aliphatic carbocycles. The van der Waals surface area contributed by atoms with Crippen molar-refractivity contribution in [1.29, 1.82) is 0 Å². The lowest BCUT2D eigenvalue weighted by molar-refractivity contribution is 0.508. The van der Waals surface area contributed by atoms with Crippen LogP contribution in [0.3, 0.4) is 0 Å². The van der Waals surface area contributed by atoms with Crippen molar-refractivity contribution in [2.45, 2.75) is 6.92 Å². The third kappa shape index (κ3) is 3.52. The summed E-state index contributed by atoms with van der Waals surface area (Å²) < 4.78 is 14.7. The molecule has 0 saturated heterocycles. The van der Waals surface area contributed by atoms with Gasteiger partial charge in [-0.2, -0.15) is 0 Å². The lowest BCUT2D eigenvalue weighted by Crippen LogP contribution is -1.91. The van der Waals surface area contributed by atoms with Crippen LogP contribution in [-0.2, 0) is 15.3 Å². The zero-order valence-corrected chi connectivity index (χ0v) is 5.03. The van der Waals surface area contributed by atoms with E-state index in [-0.39, 0.29) is 0 Å². The van der Waals surface area contributed by atoms with Crippen molar-refractivity contribution in [3.63, 3.8) is 0 Å². The van der Waals surface area contributed by atoms with Gasteiger partial charge in [-0.05, 0) is 0 Å². The van der Waals surface area contributed by atoms with Gasteiger partial charge in [0.1, 0.15) is 0 Å². The van der Waals surface area contributed by atoms with Gasteiger partial charge in [-0.3, -0.25) is 0 Å². The Kier molecular flexibility index (Phi) is 3.69. The van der Waals surface area contributed by atoms with Crippen molar-refractivity contribution in [3.8, 4) is 0 Å². The molecule has 0 aliphatic rings. The van der Waals surface area contributed by atoms with E-state index in [0.717, 1.165) is 0 Å². The van der Waals surface area contributed by atoms with Gasteiger partial charge in [-0.1, -0.05) is 13.5 Å². The molecule has 1 unspecified atom stereocenters. The molecule has 0 N–H and O–H groups in total. The zero-order valence-electron chi connectivity index (χ0n) is 4.22. The second-order valence-corrected chi connectivity index (χ2v) is 2.23. The van der Waals surface area contributed by atoms with Crippen molar-refractivity contribution in [2.75, 3.05) is 5.75 Å². The Morgan fingerprint density at radius 3 is 2.71 bits per heavy atom. The van der Waals surface area contributed by atoms with Gasteiger partial charge in [0, 0.05) is 0 Å². The average molecular weight is 120 g/mol. The van der Waals surface area contributed by atoms with Crippen molar-refractivity contribution >= 4 is 11.1 Å². The van der Waals surface area contributed by atoms with E-state index in [1.807, 2.05) is 0 Å². The predicted octanol–water partition coefficient (Wildman–Crippen LogP) is 0.830. The van der Waals surface area contributed by atoms with Gasteiger partial charge in [-0.25, -0.2) is 4.21 Å². The molecule has 0 heterocycles. The Morgan fingerprint density at radius 2 is 2.57 bits per heavy atom. The van der Waals surface area contributed by atoms with E-state index in [4.69, 9.17) is 0 Å². The first-order chi connectivity index (χ1) is 3.31. The summed E-state index contributed by atoms with van der Waals surface area (Å²) in [7, 11) is 0. The molecule has 0 amide bonds. The van der Waals surface area contributed by atoms with Gasteiger partial charge in [0.25, 0.3) is 0 Å². The fourth-order valence-electron chi connectivity index (χ4n) is 0.144. The molecule has 0 bridgehead atoms. The van der Waals surface area contributed by atoms with Crippen LogP contribution in [0.15, 0.2) is 12.8 Å². The maximum atomic E-state index is 10.2. The molecule has 0 spiro atoms. The molecule has 0 aromatic rings. The summed E-state index contributed by atoms with van der Waals surface area (Å²) in [5.74, 6) is 0.520. The van der Waals surface area contributed by atoms with Crippen molar-refractivity contribution in [2.24, 2.45) is 0 Å². The molecule has 0 saturated carbocycles. The van der Waals surface area contributed by atoms with Crippen LogP contribution in [0, 0.1) is 0 Å². The molecule has 1 atom stereocenters. The minimum absolute atomic E-state index is 0.520. The predicted molar refractivity (Wildman–Crippen MR) is 30.0 cm³/mol. The number of rotatable bonds is 3. The molecular formula is C4H8O2S. The normalized spacial score (nSPS) is 12.7. The molecule has 0 aromatic heterocycles. The standard InChI is InChI=1S/C4H8O2S/c1-3-6-7(5)4-2/h3H,1,4H2,2H3. The van der Waals surface area contributed by atoms with E-state index in [2.05, 4.69) is 10.8 Å². The first-order valence-corrected chi connectivity index (χ1v) is 3.22. The summed E-state index contributed by atoms with van der Waals surface area (Å²) in [4.78, 5) is 0. The Hall–Kier alpha value is -0.310. The summed E-state index contributed by atoms with van der Waals surface area (Å²) in [6, 6.07) is 0. The minimum Gasteiger partial charge on any atom is -0.409 e. The Morgan fingerprint density at radius 1 is 2.00 bits per heavy atom. The van der Waals surface area contributed by atoms with Crippen LogP contribution in [-0.4, -0.2) is 9.96 Å². The molecule has 42 valence electrons. The molecule has 0 aliphatic heterocycles. The third-order valence-corrected chi connectivity index (χ3v) is 1.23. The van der Waals surface area contributed by atoms with Crippen LogP contribution in [0.4, 0.5) is 0 Å². The monoisotopic (exact) mass is 120 g/mol. The van der Waals surface area contributed by atoms with Gasteiger partial charge >= 0.3 is 0 Å². The number of hydrogen-bond acceptors (Lipinski definition) is 2. The second-order valence-electron chi connectivity index (χ2n) is 0.855. The van der Waals surface area contributed by atoms with E-state index in [0.29, 0.717) is 5.75 Å². The lowest BCUT2D eigenvalue weighted by Gasteiger charge is -1.90. The molecule has 0 aromatic carbocycles. The molecular weight excluding hydrogens is 112 g/mol. The topological polar surface area (TPSA) is 26.3 Å². The van der Waals surface area contributed by atoms with Gasteiger partial charge < -0.3 is 4.18 Å². The van der Waals surface area contributed by atoms with Crippen LogP contribution in [0.2, 0.25) is 0 Å². The second kappa shape index (κ2) is 3.87. The SMILES string of the molecule is C=COS(=O)CC. The first kappa shape index (κ1) is 6.69.